The lowest BCUT2D eigenvalue weighted by atomic mass is 9.87. The first kappa shape index (κ1) is 18.7. The molecule has 0 saturated carbocycles. The van der Waals surface area contributed by atoms with Crippen molar-refractivity contribution in [2.24, 2.45) is 4.99 Å². The molecule has 3 aromatic rings. The molecule has 0 aliphatic heterocycles. The van der Waals surface area contributed by atoms with Crippen LogP contribution in [-0.2, 0) is 5.41 Å². The minimum absolute atomic E-state index is 0.0912. The predicted octanol–water partition coefficient (Wildman–Crippen LogP) is 5.73. The van der Waals surface area contributed by atoms with Gasteiger partial charge < -0.3 is 5.32 Å². The summed E-state index contributed by atoms with van der Waals surface area (Å²) < 4.78 is 0. The van der Waals surface area contributed by atoms with Gasteiger partial charge in [-0.05, 0) is 40.8 Å². The van der Waals surface area contributed by atoms with Gasteiger partial charge in [0.1, 0.15) is 17.5 Å². The molecular formula is C21H20ClN5. The van der Waals surface area contributed by atoms with Crippen molar-refractivity contribution in [3.05, 3.63) is 70.2 Å². The van der Waals surface area contributed by atoms with Gasteiger partial charge >= 0.3 is 0 Å². The van der Waals surface area contributed by atoms with Crippen molar-refractivity contribution >= 4 is 35.1 Å². The standard InChI is InChI=1S/C21H20ClN5/c1-21(2,3)15-6-10-17(11-7-15)25-20-18(12-23)19(26-27-20)24-13-14-4-8-16(22)9-5-14/h4-11,13H,1-3H3,(H2,25,26,27). The molecule has 1 heterocycles. The van der Waals surface area contributed by atoms with Crippen LogP contribution in [0.15, 0.2) is 53.5 Å². The Bertz CT molecular complexity index is 987. The second kappa shape index (κ2) is 7.65. The number of nitrogens with zero attached hydrogens (tertiary/aromatic N) is 3. The highest BCUT2D eigenvalue weighted by Crippen LogP contribution is 2.28. The fourth-order valence-electron chi connectivity index (χ4n) is 2.50. The van der Waals surface area contributed by atoms with E-state index in [1.807, 2.05) is 24.3 Å². The fraction of sp³-hybridized carbons (Fsp3) is 0.190. The summed E-state index contributed by atoms with van der Waals surface area (Å²) in [6.45, 7) is 6.51. The molecule has 0 amide bonds. The summed E-state index contributed by atoms with van der Waals surface area (Å²) in [5.41, 5.74) is 3.44. The van der Waals surface area contributed by atoms with Crippen molar-refractivity contribution in [1.29, 1.82) is 5.26 Å². The molecule has 0 atom stereocenters. The van der Waals surface area contributed by atoms with Crippen LogP contribution in [-0.4, -0.2) is 16.4 Å². The number of nitriles is 1. The maximum atomic E-state index is 9.51. The summed E-state index contributed by atoms with van der Waals surface area (Å²) in [4.78, 5) is 4.31. The Morgan fingerprint density at radius 1 is 1.11 bits per heavy atom. The van der Waals surface area contributed by atoms with Crippen molar-refractivity contribution in [1.82, 2.24) is 10.2 Å². The van der Waals surface area contributed by atoms with Crippen LogP contribution < -0.4 is 5.32 Å². The SMILES string of the molecule is CC(C)(C)c1ccc(Nc2[nH]nc(N=Cc3ccc(Cl)cc3)c2C#N)cc1. The summed E-state index contributed by atoms with van der Waals surface area (Å²) in [6, 6.07) is 17.5. The molecule has 136 valence electrons. The van der Waals surface area contributed by atoms with E-state index in [4.69, 9.17) is 11.6 Å². The van der Waals surface area contributed by atoms with E-state index in [1.54, 1.807) is 18.3 Å². The number of aromatic nitrogens is 2. The van der Waals surface area contributed by atoms with Crippen LogP contribution >= 0.6 is 11.6 Å². The van der Waals surface area contributed by atoms with Crippen LogP contribution in [0.25, 0.3) is 0 Å². The van der Waals surface area contributed by atoms with Crippen LogP contribution in [0, 0.1) is 11.3 Å². The van der Waals surface area contributed by atoms with Gasteiger partial charge in [0.25, 0.3) is 0 Å². The van der Waals surface area contributed by atoms with E-state index in [0.717, 1.165) is 11.3 Å². The molecule has 3 rings (SSSR count). The van der Waals surface area contributed by atoms with E-state index in [-0.39, 0.29) is 5.41 Å². The van der Waals surface area contributed by atoms with Crippen molar-refractivity contribution in [3.8, 4) is 6.07 Å². The molecule has 0 unspecified atom stereocenters. The second-order valence-corrected chi connectivity index (χ2v) is 7.61. The number of aliphatic imine (C=N–C) groups is 1. The first-order valence-electron chi connectivity index (χ1n) is 8.52. The predicted molar refractivity (Wildman–Crippen MR) is 110 cm³/mol. The van der Waals surface area contributed by atoms with Crippen LogP contribution in [0.2, 0.25) is 5.02 Å². The topological polar surface area (TPSA) is 76.9 Å². The van der Waals surface area contributed by atoms with E-state index in [0.29, 0.717) is 22.2 Å². The highest BCUT2D eigenvalue weighted by atomic mass is 35.5. The summed E-state index contributed by atoms with van der Waals surface area (Å²) >= 11 is 5.88. The van der Waals surface area contributed by atoms with Gasteiger partial charge in [-0.3, -0.25) is 5.10 Å². The first-order valence-corrected chi connectivity index (χ1v) is 8.90. The quantitative estimate of drug-likeness (QED) is 0.570. The van der Waals surface area contributed by atoms with Crippen LogP contribution in [0.5, 0.6) is 0 Å². The smallest absolute Gasteiger partial charge is 0.193 e. The fourth-order valence-corrected chi connectivity index (χ4v) is 2.63. The zero-order valence-corrected chi connectivity index (χ0v) is 16.2. The van der Waals surface area contributed by atoms with E-state index in [9.17, 15) is 5.26 Å². The molecule has 0 saturated heterocycles. The number of anilines is 2. The summed E-state index contributed by atoms with van der Waals surface area (Å²) in [6.07, 6.45) is 1.65. The average molecular weight is 378 g/mol. The van der Waals surface area contributed by atoms with Gasteiger partial charge in [0, 0.05) is 16.9 Å². The number of hydrogen-bond acceptors (Lipinski definition) is 4. The van der Waals surface area contributed by atoms with E-state index >= 15 is 0 Å². The molecule has 5 nitrogen and oxygen atoms in total. The number of H-pyrrole nitrogens is 1. The van der Waals surface area contributed by atoms with Crippen LogP contribution in [0.1, 0.15) is 37.5 Å². The van der Waals surface area contributed by atoms with Gasteiger partial charge in [-0.15, -0.1) is 0 Å². The Balaban J connectivity index is 1.80. The van der Waals surface area contributed by atoms with Gasteiger partial charge in [-0.1, -0.05) is 56.6 Å². The van der Waals surface area contributed by atoms with Crippen molar-refractivity contribution in [2.75, 3.05) is 5.32 Å². The molecule has 1 aromatic heterocycles. The Morgan fingerprint density at radius 3 is 2.37 bits per heavy atom. The van der Waals surface area contributed by atoms with E-state index in [2.05, 4.69) is 59.5 Å². The molecule has 0 aliphatic rings. The molecule has 6 heteroatoms. The van der Waals surface area contributed by atoms with Crippen molar-refractivity contribution < 1.29 is 0 Å². The van der Waals surface area contributed by atoms with Crippen molar-refractivity contribution in [3.63, 3.8) is 0 Å². The lowest BCUT2D eigenvalue weighted by Gasteiger charge is -2.19. The molecular weight excluding hydrogens is 358 g/mol. The molecule has 27 heavy (non-hydrogen) atoms. The van der Waals surface area contributed by atoms with Gasteiger partial charge in [0.15, 0.2) is 5.82 Å². The number of nitrogens with one attached hydrogen (secondary N) is 2. The van der Waals surface area contributed by atoms with Gasteiger partial charge in [0.05, 0.1) is 0 Å². The van der Waals surface area contributed by atoms with Gasteiger partial charge in [0.2, 0.25) is 0 Å². The monoisotopic (exact) mass is 377 g/mol. The van der Waals surface area contributed by atoms with E-state index in [1.165, 1.54) is 5.56 Å². The number of aromatic amines is 1. The Labute approximate surface area is 163 Å². The van der Waals surface area contributed by atoms with Gasteiger partial charge in [-0.2, -0.15) is 10.4 Å². The largest absolute Gasteiger partial charge is 0.339 e. The van der Waals surface area contributed by atoms with Crippen LogP contribution in [0.4, 0.5) is 17.3 Å². The molecule has 2 N–H and O–H groups in total. The lowest BCUT2D eigenvalue weighted by molar-refractivity contribution is 0.590. The van der Waals surface area contributed by atoms with E-state index < -0.39 is 0 Å². The second-order valence-electron chi connectivity index (χ2n) is 7.17. The maximum absolute atomic E-state index is 9.51. The Kier molecular flexibility index (Phi) is 5.29. The highest BCUT2D eigenvalue weighted by Gasteiger charge is 2.15. The molecule has 0 fully saturated rings. The zero-order valence-electron chi connectivity index (χ0n) is 15.4. The van der Waals surface area contributed by atoms with Gasteiger partial charge in [-0.25, -0.2) is 4.99 Å². The third-order valence-electron chi connectivity index (χ3n) is 4.09. The van der Waals surface area contributed by atoms with Crippen molar-refractivity contribution in [2.45, 2.75) is 26.2 Å². The Hall–Kier alpha value is -3.10. The molecule has 0 spiro atoms. The minimum atomic E-state index is 0.0912. The zero-order chi connectivity index (χ0) is 19.4. The summed E-state index contributed by atoms with van der Waals surface area (Å²) in [5, 5.41) is 20.4. The molecule has 0 radical (unpaired) electrons. The summed E-state index contributed by atoms with van der Waals surface area (Å²) in [7, 11) is 0. The van der Waals surface area contributed by atoms with Crippen LogP contribution in [0.3, 0.4) is 0 Å². The average Bonchev–Trinajstić information content (AvgIpc) is 3.02. The molecule has 0 aliphatic carbocycles. The Morgan fingerprint density at radius 2 is 1.78 bits per heavy atom. The minimum Gasteiger partial charge on any atom is -0.339 e. The number of hydrogen-bond donors (Lipinski definition) is 2. The molecule has 0 bridgehead atoms. The number of rotatable bonds is 4. The lowest BCUT2D eigenvalue weighted by Crippen LogP contribution is -2.10. The number of benzene rings is 2. The number of halogens is 1. The normalized spacial score (nSPS) is 11.5. The maximum Gasteiger partial charge on any atom is 0.193 e. The first-order chi connectivity index (χ1) is 12.9. The highest BCUT2D eigenvalue weighted by molar-refractivity contribution is 6.30. The summed E-state index contributed by atoms with van der Waals surface area (Å²) in [5.74, 6) is 0.852. The third-order valence-corrected chi connectivity index (χ3v) is 4.34. The third kappa shape index (κ3) is 4.55. The molecule has 2 aromatic carbocycles.